The second-order valence-corrected chi connectivity index (χ2v) is 4.09. The third-order valence-electron chi connectivity index (χ3n) is 0.787. The second-order valence-electron chi connectivity index (χ2n) is 3.10. The Balaban J connectivity index is 3.04. The molecule has 0 amide bonds. The van der Waals surface area contributed by atoms with Gasteiger partial charge in [0.2, 0.25) is 0 Å². The number of hydrogen-bond acceptors (Lipinski definition) is 3. The van der Waals surface area contributed by atoms with Crippen molar-refractivity contribution in [3.63, 3.8) is 0 Å². The molecule has 0 aromatic rings. The van der Waals surface area contributed by atoms with Gasteiger partial charge in [0.05, 0.1) is 5.60 Å². The van der Waals surface area contributed by atoms with Crippen LogP contribution in [-0.4, -0.2) is 24.2 Å². The lowest BCUT2D eigenvalue weighted by Gasteiger charge is -2.18. The monoisotopic (exact) mass is 163 g/mol. The van der Waals surface area contributed by atoms with E-state index in [1.807, 2.05) is 32.5 Å². The maximum absolute atomic E-state index is 5.27. The van der Waals surface area contributed by atoms with E-state index in [0.717, 1.165) is 12.3 Å². The zero-order valence-electron chi connectivity index (χ0n) is 7.23. The maximum atomic E-state index is 5.27. The van der Waals surface area contributed by atoms with Gasteiger partial charge in [0.1, 0.15) is 0 Å². The van der Waals surface area contributed by atoms with Crippen molar-refractivity contribution in [1.82, 2.24) is 5.48 Å². The van der Waals surface area contributed by atoms with Crippen LogP contribution in [-0.2, 0) is 4.84 Å². The van der Waals surface area contributed by atoms with Gasteiger partial charge in [-0.25, -0.2) is 5.48 Å². The highest BCUT2D eigenvalue weighted by molar-refractivity contribution is 7.98. The van der Waals surface area contributed by atoms with Crippen LogP contribution in [0.3, 0.4) is 0 Å². The van der Waals surface area contributed by atoms with Crippen molar-refractivity contribution in [1.29, 1.82) is 0 Å². The van der Waals surface area contributed by atoms with Crippen LogP contribution in [0.4, 0.5) is 0 Å². The highest BCUT2D eigenvalue weighted by atomic mass is 32.2. The molecule has 0 fully saturated rings. The molecule has 1 N–H and O–H groups in total. The summed E-state index contributed by atoms with van der Waals surface area (Å²) in [4.78, 5) is 5.27. The molecular weight excluding hydrogens is 146 g/mol. The van der Waals surface area contributed by atoms with Gasteiger partial charge in [-0.15, -0.1) is 0 Å². The molecule has 0 aromatic carbocycles. The fourth-order valence-electron chi connectivity index (χ4n) is 0.411. The van der Waals surface area contributed by atoms with Crippen molar-refractivity contribution in [3.8, 4) is 0 Å². The van der Waals surface area contributed by atoms with Gasteiger partial charge < -0.3 is 0 Å². The molecule has 0 aliphatic rings. The minimum absolute atomic E-state index is 0.0710. The van der Waals surface area contributed by atoms with Gasteiger partial charge >= 0.3 is 0 Å². The molecule has 10 heavy (non-hydrogen) atoms. The normalized spacial score (nSPS) is 12.0. The molecule has 0 rings (SSSR count). The summed E-state index contributed by atoms with van der Waals surface area (Å²) >= 11 is 1.81. The van der Waals surface area contributed by atoms with Crippen molar-refractivity contribution in [2.45, 2.75) is 26.4 Å². The van der Waals surface area contributed by atoms with Crippen molar-refractivity contribution >= 4 is 11.8 Å². The molecule has 0 saturated carbocycles. The average Bonchev–Trinajstić information content (AvgIpc) is 1.78. The highest BCUT2D eigenvalue weighted by Crippen LogP contribution is 2.03. The largest absolute Gasteiger partial charge is 0.296 e. The second kappa shape index (κ2) is 4.99. The van der Waals surface area contributed by atoms with Gasteiger partial charge in [-0.05, 0) is 27.0 Å². The number of thioether (sulfide) groups is 1. The lowest BCUT2D eigenvalue weighted by molar-refractivity contribution is -0.0697. The molecule has 2 nitrogen and oxygen atoms in total. The standard InChI is InChI=1S/C7H17NOS/c1-7(2,3)9-8-5-6-10-4/h8H,5-6H2,1-4H3. The molecule has 0 bridgehead atoms. The van der Waals surface area contributed by atoms with Crippen LogP contribution in [0.2, 0.25) is 0 Å². The summed E-state index contributed by atoms with van der Waals surface area (Å²) in [6.07, 6.45) is 2.08. The van der Waals surface area contributed by atoms with E-state index in [4.69, 9.17) is 4.84 Å². The van der Waals surface area contributed by atoms with E-state index in [-0.39, 0.29) is 5.60 Å². The summed E-state index contributed by atoms with van der Waals surface area (Å²) in [7, 11) is 0. The summed E-state index contributed by atoms with van der Waals surface area (Å²) in [6, 6.07) is 0. The number of hydrogen-bond donors (Lipinski definition) is 1. The smallest absolute Gasteiger partial charge is 0.0812 e. The molecule has 0 radical (unpaired) electrons. The Morgan fingerprint density at radius 2 is 2.00 bits per heavy atom. The molecule has 0 heterocycles. The van der Waals surface area contributed by atoms with Gasteiger partial charge in [0, 0.05) is 12.3 Å². The molecule has 0 aliphatic heterocycles. The zero-order chi connectivity index (χ0) is 8.04. The first-order chi connectivity index (χ1) is 4.56. The van der Waals surface area contributed by atoms with Crippen molar-refractivity contribution < 1.29 is 4.84 Å². The Labute approximate surface area is 67.7 Å². The SMILES string of the molecule is CSCCNOC(C)(C)C. The Bertz CT molecular complexity index is 80.2. The molecule has 0 spiro atoms. The summed E-state index contributed by atoms with van der Waals surface area (Å²) in [5.41, 5.74) is 2.83. The van der Waals surface area contributed by atoms with E-state index in [0.29, 0.717) is 0 Å². The van der Waals surface area contributed by atoms with E-state index in [1.54, 1.807) is 0 Å². The average molecular weight is 163 g/mol. The minimum atomic E-state index is -0.0710. The molecule has 0 saturated heterocycles. The van der Waals surface area contributed by atoms with Crippen LogP contribution < -0.4 is 5.48 Å². The number of nitrogens with one attached hydrogen (secondary N) is 1. The minimum Gasteiger partial charge on any atom is -0.296 e. The molecule has 62 valence electrons. The number of rotatable bonds is 4. The molecule has 3 heteroatoms. The maximum Gasteiger partial charge on any atom is 0.0812 e. The summed E-state index contributed by atoms with van der Waals surface area (Å²) in [6.45, 7) is 7.00. The van der Waals surface area contributed by atoms with Crippen LogP contribution in [0.1, 0.15) is 20.8 Å². The highest BCUT2D eigenvalue weighted by Gasteiger charge is 2.08. The lowest BCUT2D eigenvalue weighted by Crippen LogP contribution is -2.30. The molecule has 0 atom stereocenters. The Kier molecular flexibility index (Phi) is 5.13. The van der Waals surface area contributed by atoms with Crippen LogP contribution in [0, 0.1) is 0 Å². The van der Waals surface area contributed by atoms with E-state index in [2.05, 4.69) is 11.7 Å². The van der Waals surface area contributed by atoms with Crippen molar-refractivity contribution in [2.24, 2.45) is 0 Å². The quantitative estimate of drug-likeness (QED) is 0.503. The first-order valence-corrected chi connectivity index (χ1v) is 4.85. The van der Waals surface area contributed by atoms with Crippen molar-refractivity contribution in [2.75, 3.05) is 18.6 Å². The van der Waals surface area contributed by atoms with Gasteiger partial charge in [-0.2, -0.15) is 11.8 Å². The Morgan fingerprint density at radius 3 is 2.40 bits per heavy atom. The van der Waals surface area contributed by atoms with Gasteiger partial charge in [-0.1, -0.05) is 0 Å². The summed E-state index contributed by atoms with van der Waals surface area (Å²) in [5.74, 6) is 1.09. The third-order valence-corrected chi connectivity index (χ3v) is 1.40. The van der Waals surface area contributed by atoms with Crippen LogP contribution in [0.25, 0.3) is 0 Å². The van der Waals surface area contributed by atoms with Crippen LogP contribution in [0.5, 0.6) is 0 Å². The fourth-order valence-corrected chi connectivity index (χ4v) is 0.699. The van der Waals surface area contributed by atoms with Crippen LogP contribution >= 0.6 is 11.8 Å². The third kappa shape index (κ3) is 8.27. The van der Waals surface area contributed by atoms with E-state index >= 15 is 0 Å². The van der Waals surface area contributed by atoms with E-state index < -0.39 is 0 Å². The first kappa shape index (κ1) is 10.3. The predicted octanol–water partition coefficient (Wildman–Crippen LogP) is 1.67. The predicted molar refractivity (Wildman–Crippen MR) is 47.2 cm³/mol. The molecule has 0 aromatic heterocycles. The number of hydroxylamine groups is 1. The fraction of sp³-hybridized carbons (Fsp3) is 1.00. The Morgan fingerprint density at radius 1 is 1.40 bits per heavy atom. The first-order valence-electron chi connectivity index (χ1n) is 3.46. The molecule has 0 aliphatic carbocycles. The Hall–Kier alpha value is 0.270. The molecular formula is C7H17NOS. The van der Waals surface area contributed by atoms with Gasteiger partial charge in [-0.3, -0.25) is 4.84 Å². The van der Waals surface area contributed by atoms with E-state index in [9.17, 15) is 0 Å². The summed E-state index contributed by atoms with van der Waals surface area (Å²) < 4.78 is 0. The van der Waals surface area contributed by atoms with Gasteiger partial charge in [0.15, 0.2) is 0 Å². The van der Waals surface area contributed by atoms with Crippen molar-refractivity contribution in [3.05, 3.63) is 0 Å². The van der Waals surface area contributed by atoms with Crippen LogP contribution in [0.15, 0.2) is 0 Å². The van der Waals surface area contributed by atoms with E-state index in [1.165, 1.54) is 0 Å². The lowest BCUT2D eigenvalue weighted by atomic mass is 10.2. The topological polar surface area (TPSA) is 21.3 Å². The summed E-state index contributed by atoms with van der Waals surface area (Å²) in [5, 5.41) is 0. The molecule has 0 unspecified atom stereocenters. The van der Waals surface area contributed by atoms with Gasteiger partial charge in [0.25, 0.3) is 0 Å². The zero-order valence-corrected chi connectivity index (χ0v) is 8.05.